The van der Waals surface area contributed by atoms with Crippen LogP contribution in [0.1, 0.15) is 21.7 Å². The van der Waals surface area contributed by atoms with E-state index >= 15 is 0 Å². The highest BCUT2D eigenvalue weighted by atomic mass is 16.2. The minimum atomic E-state index is -0.422. The van der Waals surface area contributed by atoms with Crippen LogP contribution in [0.4, 0.5) is 0 Å². The third kappa shape index (κ3) is 2.94. The third-order valence-corrected chi connectivity index (χ3v) is 2.32. The first-order chi connectivity index (χ1) is 8.79. The van der Waals surface area contributed by atoms with Crippen molar-refractivity contribution in [1.29, 1.82) is 5.53 Å². The molecular formula is C12H11N5O. The monoisotopic (exact) mass is 241 g/mol. The van der Waals surface area contributed by atoms with Crippen LogP contribution in [0.25, 0.3) is 0 Å². The minimum absolute atomic E-state index is 0.422. The average Bonchev–Trinajstić information content (AvgIpc) is 2.40. The fourth-order valence-corrected chi connectivity index (χ4v) is 1.52. The smallest absolute Gasteiger partial charge is 0.267 e. The zero-order valence-corrected chi connectivity index (χ0v) is 9.50. The van der Waals surface area contributed by atoms with Crippen LogP contribution >= 0.6 is 0 Å². The lowest BCUT2D eigenvalue weighted by molar-refractivity contribution is 0.0950. The van der Waals surface area contributed by atoms with Gasteiger partial charge in [-0.2, -0.15) is 5.53 Å². The van der Waals surface area contributed by atoms with Crippen molar-refractivity contribution in [2.75, 3.05) is 0 Å². The molecule has 2 N–H and O–H groups in total. The van der Waals surface area contributed by atoms with Gasteiger partial charge in [0.25, 0.3) is 5.91 Å². The van der Waals surface area contributed by atoms with Crippen LogP contribution in [0.15, 0.2) is 47.9 Å². The van der Waals surface area contributed by atoms with Crippen LogP contribution in [0, 0.1) is 5.53 Å². The SMILES string of the molecule is N=NNC(=O)c1ccnc(Cc2ccccn2)c1. The molecule has 0 aromatic carbocycles. The molecule has 6 nitrogen and oxygen atoms in total. The molecule has 0 aliphatic heterocycles. The van der Waals surface area contributed by atoms with Crippen molar-refractivity contribution in [1.82, 2.24) is 15.4 Å². The second kappa shape index (κ2) is 5.62. The van der Waals surface area contributed by atoms with Gasteiger partial charge in [0.15, 0.2) is 0 Å². The van der Waals surface area contributed by atoms with Gasteiger partial charge in [-0.25, -0.2) is 5.43 Å². The lowest BCUT2D eigenvalue weighted by Crippen LogP contribution is -2.16. The Bertz CT molecular complexity index is 555. The van der Waals surface area contributed by atoms with Crippen LogP contribution in [0.2, 0.25) is 0 Å². The highest BCUT2D eigenvalue weighted by Crippen LogP contribution is 2.07. The number of rotatable bonds is 4. The number of pyridine rings is 2. The van der Waals surface area contributed by atoms with Crippen molar-refractivity contribution in [2.45, 2.75) is 6.42 Å². The second-order valence-corrected chi connectivity index (χ2v) is 3.59. The first-order valence-electron chi connectivity index (χ1n) is 5.31. The van der Waals surface area contributed by atoms with Gasteiger partial charge in [0.2, 0.25) is 0 Å². The maximum Gasteiger partial charge on any atom is 0.272 e. The lowest BCUT2D eigenvalue weighted by atomic mass is 10.1. The summed E-state index contributed by atoms with van der Waals surface area (Å²) < 4.78 is 0. The van der Waals surface area contributed by atoms with Crippen LogP contribution in [0.5, 0.6) is 0 Å². The zero-order valence-electron chi connectivity index (χ0n) is 9.50. The summed E-state index contributed by atoms with van der Waals surface area (Å²) in [5.41, 5.74) is 10.7. The summed E-state index contributed by atoms with van der Waals surface area (Å²) in [6.45, 7) is 0. The topological polar surface area (TPSA) is 91.1 Å². The van der Waals surface area contributed by atoms with Gasteiger partial charge in [-0.15, -0.1) is 0 Å². The molecule has 90 valence electrons. The molecule has 0 saturated heterocycles. The van der Waals surface area contributed by atoms with Crippen molar-refractivity contribution in [3.63, 3.8) is 0 Å². The standard InChI is InChI=1S/C12H11N5O/c13-17-16-12(18)9-4-6-15-11(7-9)8-10-3-1-2-5-14-10/h1-7H,8H2,(H2,13,16,18). The number of hydrogen-bond acceptors (Lipinski definition) is 5. The maximum atomic E-state index is 11.5. The Labute approximate surface area is 104 Å². The fraction of sp³-hybridized carbons (Fsp3) is 0.0833. The van der Waals surface area contributed by atoms with E-state index < -0.39 is 5.91 Å². The highest BCUT2D eigenvalue weighted by Gasteiger charge is 2.06. The van der Waals surface area contributed by atoms with Gasteiger partial charge in [0.05, 0.1) is 0 Å². The molecule has 0 aliphatic carbocycles. The first kappa shape index (κ1) is 11.8. The lowest BCUT2D eigenvalue weighted by Gasteiger charge is -2.02. The van der Waals surface area contributed by atoms with Crippen molar-refractivity contribution in [2.24, 2.45) is 5.22 Å². The van der Waals surface area contributed by atoms with Crippen LogP contribution in [-0.2, 0) is 6.42 Å². The van der Waals surface area contributed by atoms with Gasteiger partial charge in [0, 0.05) is 35.8 Å². The van der Waals surface area contributed by atoms with E-state index in [9.17, 15) is 4.79 Å². The first-order valence-corrected chi connectivity index (χ1v) is 5.31. The Kier molecular flexibility index (Phi) is 3.70. The number of carbonyl (C=O) groups excluding carboxylic acids is 1. The third-order valence-electron chi connectivity index (χ3n) is 2.32. The zero-order chi connectivity index (χ0) is 12.8. The van der Waals surface area contributed by atoms with Crippen LogP contribution in [0.3, 0.4) is 0 Å². The summed E-state index contributed by atoms with van der Waals surface area (Å²) in [6, 6.07) is 8.87. The molecule has 2 aromatic heterocycles. The van der Waals surface area contributed by atoms with E-state index in [0.717, 1.165) is 11.4 Å². The van der Waals surface area contributed by atoms with Gasteiger partial charge in [-0.1, -0.05) is 11.3 Å². The molecule has 2 aromatic rings. The minimum Gasteiger partial charge on any atom is -0.267 e. The number of aromatic nitrogens is 2. The number of carbonyl (C=O) groups is 1. The normalized spacial score (nSPS) is 9.78. The molecule has 18 heavy (non-hydrogen) atoms. The van der Waals surface area contributed by atoms with Gasteiger partial charge < -0.3 is 0 Å². The van der Waals surface area contributed by atoms with Crippen molar-refractivity contribution in [3.8, 4) is 0 Å². The molecule has 0 spiro atoms. The Morgan fingerprint density at radius 1 is 1.22 bits per heavy atom. The Hall–Kier alpha value is -2.63. The molecule has 0 fully saturated rings. The molecule has 1 amide bonds. The number of nitrogens with one attached hydrogen (secondary N) is 2. The Balaban J connectivity index is 2.17. The molecule has 0 aliphatic rings. The summed E-state index contributed by atoms with van der Waals surface area (Å²) in [5, 5.41) is 2.84. The van der Waals surface area contributed by atoms with E-state index in [1.54, 1.807) is 24.5 Å². The molecule has 2 rings (SSSR count). The fourth-order valence-electron chi connectivity index (χ4n) is 1.52. The van der Waals surface area contributed by atoms with E-state index in [-0.39, 0.29) is 0 Å². The molecule has 0 atom stereocenters. The molecule has 2 heterocycles. The van der Waals surface area contributed by atoms with Crippen LogP contribution < -0.4 is 5.43 Å². The molecule has 0 unspecified atom stereocenters. The highest BCUT2D eigenvalue weighted by molar-refractivity contribution is 5.93. The van der Waals surface area contributed by atoms with Gasteiger partial charge in [-0.3, -0.25) is 14.8 Å². The summed E-state index contributed by atoms with van der Waals surface area (Å²) >= 11 is 0. The van der Waals surface area contributed by atoms with Crippen molar-refractivity contribution < 1.29 is 4.79 Å². The van der Waals surface area contributed by atoms with Gasteiger partial charge in [-0.05, 0) is 24.3 Å². The van der Waals surface area contributed by atoms with Crippen LogP contribution in [-0.4, -0.2) is 15.9 Å². The predicted molar refractivity (Wildman–Crippen MR) is 63.9 cm³/mol. The van der Waals surface area contributed by atoms with E-state index in [2.05, 4.69) is 20.6 Å². The average molecular weight is 241 g/mol. The predicted octanol–water partition coefficient (Wildman–Crippen LogP) is 1.74. The van der Waals surface area contributed by atoms with Crippen molar-refractivity contribution >= 4 is 5.91 Å². The summed E-state index contributed by atoms with van der Waals surface area (Å²) in [5.74, 6) is -0.422. The largest absolute Gasteiger partial charge is 0.272 e. The van der Waals surface area contributed by atoms with E-state index in [0.29, 0.717) is 12.0 Å². The molecular weight excluding hydrogens is 230 g/mol. The summed E-state index contributed by atoms with van der Waals surface area (Å²) in [4.78, 5) is 19.9. The molecule has 0 saturated carbocycles. The second-order valence-electron chi connectivity index (χ2n) is 3.59. The van der Waals surface area contributed by atoms with E-state index in [1.807, 2.05) is 18.2 Å². The number of amides is 1. The Morgan fingerprint density at radius 3 is 2.78 bits per heavy atom. The van der Waals surface area contributed by atoms with Crippen molar-refractivity contribution in [3.05, 3.63) is 59.7 Å². The molecule has 6 heteroatoms. The van der Waals surface area contributed by atoms with E-state index in [4.69, 9.17) is 5.53 Å². The van der Waals surface area contributed by atoms with E-state index in [1.165, 1.54) is 0 Å². The quantitative estimate of drug-likeness (QED) is 0.631. The van der Waals surface area contributed by atoms with Gasteiger partial charge >= 0.3 is 0 Å². The Morgan fingerprint density at radius 2 is 2.06 bits per heavy atom. The molecule has 0 radical (unpaired) electrons. The summed E-state index contributed by atoms with van der Waals surface area (Å²) in [7, 11) is 0. The van der Waals surface area contributed by atoms with Gasteiger partial charge in [0.1, 0.15) is 0 Å². The maximum absolute atomic E-state index is 11.5. The number of nitrogens with zero attached hydrogens (tertiary/aromatic N) is 3. The number of hydrogen-bond donors (Lipinski definition) is 2. The summed E-state index contributed by atoms with van der Waals surface area (Å²) in [6.07, 6.45) is 3.82. The molecule has 0 bridgehead atoms.